The van der Waals surface area contributed by atoms with Crippen LogP contribution in [0, 0.1) is 5.82 Å². The summed E-state index contributed by atoms with van der Waals surface area (Å²) >= 11 is 10.7. The van der Waals surface area contributed by atoms with Gasteiger partial charge in [-0.25, -0.2) is 14.4 Å². The molecule has 0 atom stereocenters. The second kappa shape index (κ2) is 6.85. The Labute approximate surface area is 149 Å². The lowest BCUT2D eigenvalue weighted by Gasteiger charge is -2.07. The maximum Gasteiger partial charge on any atom is 0.400 e. The van der Waals surface area contributed by atoms with E-state index >= 15 is 0 Å². The maximum atomic E-state index is 13.7. The molecule has 0 fully saturated rings. The van der Waals surface area contributed by atoms with Crippen LogP contribution in [0.3, 0.4) is 0 Å². The standard InChI is InChI=1S/C14H8Cl2F3N5O/c15-9-2-1-3-10(17)8(9)6-22-13-20-4-7(5-21-13)11-23-12(25-24-11)14(16,18)19/h1-5H,6H2,(H,20,21,22). The van der Waals surface area contributed by atoms with E-state index in [-0.39, 0.29) is 34.5 Å². The molecule has 0 aliphatic carbocycles. The van der Waals surface area contributed by atoms with Gasteiger partial charge in [0.2, 0.25) is 11.8 Å². The first kappa shape index (κ1) is 17.4. The van der Waals surface area contributed by atoms with E-state index in [1.54, 1.807) is 6.07 Å². The molecule has 25 heavy (non-hydrogen) atoms. The molecule has 1 aromatic carbocycles. The Balaban J connectivity index is 1.71. The summed E-state index contributed by atoms with van der Waals surface area (Å²) in [5.74, 6) is -1.45. The fraction of sp³-hybridized carbons (Fsp3) is 0.143. The number of nitrogens with one attached hydrogen (secondary N) is 1. The van der Waals surface area contributed by atoms with Crippen molar-refractivity contribution in [2.45, 2.75) is 11.9 Å². The fourth-order valence-corrected chi connectivity index (χ4v) is 2.17. The first-order chi connectivity index (χ1) is 11.8. The van der Waals surface area contributed by atoms with Gasteiger partial charge in [-0.2, -0.15) is 13.8 Å². The third-order valence-corrected chi connectivity index (χ3v) is 3.58. The van der Waals surface area contributed by atoms with Crippen LogP contribution >= 0.6 is 23.2 Å². The van der Waals surface area contributed by atoms with Crippen LogP contribution in [0.5, 0.6) is 0 Å². The molecule has 0 saturated carbocycles. The summed E-state index contributed by atoms with van der Waals surface area (Å²) in [6.07, 6.45) is 2.58. The van der Waals surface area contributed by atoms with Crippen molar-refractivity contribution in [2.24, 2.45) is 0 Å². The molecule has 2 aromatic heterocycles. The Morgan fingerprint density at radius 1 is 1.20 bits per heavy atom. The van der Waals surface area contributed by atoms with Crippen molar-refractivity contribution in [3.63, 3.8) is 0 Å². The number of alkyl halides is 3. The minimum Gasteiger partial charge on any atom is -0.350 e. The largest absolute Gasteiger partial charge is 0.400 e. The second-order valence-electron chi connectivity index (χ2n) is 4.77. The van der Waals surface area contributed by atoms with Crippen molar-refractivity contribution in [1.82, 2.24) is 20.1 Å². The Bertz CT molecular complexity index is 863. The predicted octanol–water partition coefficient (Wildman–Crippen LogP) is 4.22. The molecule has 0 saturated heterocycles. The van der Waals surface area contributed by atoms with E-state index in [2.05, 4.69) is 29.9 Å². The Hall–Kier alpha value is -2.39. The summed E-state index contributed by atoms with van der Waals surface area (Å²) in [5.41, 5.74) is 0.509. The quantitative estimate of drug-likeness (QED) is 0.658. The Morgan fingerprint density at radius 3 is 2.52 bits per heavy atom. The van der Waals surface area contributed by atoms with Crippen molar-refractivity contribution < 1.29 is 17.7 Å². The SMILES string of the molecule is Fc1cccc(Cl)c1CNc1ncc(-c2noc(C(F)(F)Cl)n2)cn1. The van der Waals surface area contributed by atoms with E-state index in [1.807, 2.05) is 0 Å². The normalized spacial score (nSPS) is 11.6. The number of anilines is 1. The number of hydrogen-bond donors (Lipinski definition) is 1. The molecule has 0 unspecified atom stereocenters. The zero-order valence-electron chi connectivity index (χ0n) is 12.2. The van der Waals surface area contributed by atoms with Gasteiger partial charge < -0.3 is 9.84 Å². The number of aromatic nitrogens is 4. The van der Waals surface area contributed by atoms with Crippen LogP contribution in [0.25, 0.3) is 11.4 Å². The Morgan fingerprint density at radius 2 is 1.92 bits per heavy atom. The average molecular weight is 390 g/mol. The highest BCUT2D eigenvalue weighted by Crippen LogP contribution is 2.31. The monoisotopic (exact) mass is 389 g/mol. The molecule has 0 aliphatic rings. The average Bonchev–Trinajstić information content (AvgIpc) is 3.05. The lowest BCUT2D eigenvalue weighted by atomic mass is 10.2. The summed E-state index contributed by atoms with van der Waals surface area (Å²) in [5, 5.41) is 2.69. The van der Waals surface area contributed by atoms with Crippen molar-refractivity contribution >= 4 is 29.2 Å². The number of rotatable bonds is 5. The second-order valence-corrected chi connectivity index (χ2v) is 5.65. The van der Waals surface area contributed by atoms with Crippen LogP contribution in [0.4, 0.5) is 19.1 Å². The molecular formula is C14H8Cl2F3N5O. The van der Waals surface area contributed by atoms with Crippen LogP contribution in [-0.4, -0.2) is 20.1 Å². The molecule has 1 N–H and O–H groups in total. The molecule has 0 aliphatic heterocycles. The first-order valence-corrected chi connectivity index (χ1v) is 7.50. The van der Waals surface area contributed by atoms with Crippen LogP contribution < -0.4 is 5.32 Å². The zero-order valence-corrected chi connectivity index (χ0v) is 13.7. The summed E-state index contributed by atoms with van der Waals surface area (Å²) < 4.78 is 43.8. The number of hydrogen-bond acceptors (Lipinski definition) is 6. The van der Waals surface area contributed by atoms with E-state index < -0.39 is 17.1 Å². The van der Waals surface area contributed by atoms with Gasteiger partial charge in [0, 0.05) is 29.5 Å². The van der Waals surface area contributed by atoms with Gasteiger partial charge in [-0.1, -0.05) is 22.8 Å². The van der Waals surface area contributed by atoms with E-state index in [1.165, 1.54) is 24.5 Å². The highest BCUT2D eigenvalue weighted by atomic mass is 35.5. The molecule has 130 valence electrons. The molecule has 11 heteroatoms. The number of benzene rings is 1. The van der Waals surface area contributed by atoms with E-state index in [0.29, 0.717) is 0 Å². The van der Waals surface area contributed by atoms with E-state index in [0.717, 1.165) is 0 Å². The van der Waals surface area contributed by atoms with Gasteiger partial charge in [-0.05, 0) is 23.7 Å². The van der Waals surface area contributed by atoms with Gasteiger partial charge in [0.25, 0.3) is 0 Å². The highest BCUT2D eigenvalue weighted by Gasteiger charge is 2.35. The van der Waals surface area contributed by atoms with E-state index in [9.17, 15) is 13.2 Å². The van der Waals surface area contributed by atoms with Gasteiger partial charge in [0.05, 0.1) is 5.56 Å². The molecule has 3 aromatic rings. The first-order valence-electron chi connectivity index (χ1n) is 6.74. The van der Waals surface area contributed by atoms with Crippen molar-refractivity contribution in [2.75, 3.05) is 5.32 Å². The van der Waals surface area contributed by atoms with E-state index in [4.69, 9.17) is 23.2 Å². The molecule has 6 nitrogen and oxygen atoms in total. The molecule has 0 amide bonds. The van der Waals surface area contributed by atoms with Crippen LogP contribution in [-0.2, 0) is 11.9 Å². The lowest BCUT2D eigenvalue weighted by molar-refractivity contribution is 0.0551. The lowest BCUT2D eigenvalue weighted by Crippen LogP contribution is -2.06. The molecule has 0 bridgehead atoms. The fourth-order valence-electron chi connectivity index (χ4n) is 1.86. The summed E-state index contributed by atoms with van der Waals surface area (Å²) in [7, 11) is 0. The molecule has 0 radical (unpaired) electrons. The molecule has 3 rings (SSSR count). The molecular weight excluding hydrogens is 382 g/mol. The van der Waals surface area contributed by atoms with Gasteiger partial charge in [0.1, 0.15) is 5.82 Å². The van der Waals surface area contributed by atoms with Crippen molar-refractivity contribution in [3.8, 4) is 11.4 Å². The third kappa shape index (κ3) is 3.99. The number of halogens is 5. The van der Waals surface area contributed by atoms with Gasteiger partial charge in [0.15, 0.2) is 0 Å². The summed E-state index contributed by atoms with van der Waals surface area (Å²) in [6, 6.07) is 4.34. The molecule has 2 heterocycles. The van der Waals surface area contributed by atoms with Gasteiger partial charge >= 0.3 is 11.3 Å². The predicted molar refractivity (Wildman–Crippen MR) is 83.8 cm³/mol. The molecule has 0 spiro atoms. The zero-order chi connectivity index (χ0) is 18.0. The minimum atomic E-state index is -3.76. The summed E-state index contributed by atoms with van der Waals surface area (Å²) in [6.45, 7) is 0.0652. The highest BCUT2D eigenvalue weighted by molar-refractivity contribution is 6.31. The Kier molecular flexibility index (Phi) is 4.78. The minimum absolute atomic E-state index is 0.0652. The number of nitrogens with zero attached hydrogens (tertiary/aromatic N) is 4. The summed E-state index contributed by atoms with van der Waals surface area (Å²) in [4.78, 5) is 11.4. The van der Waals surface area contributed by atoms with Gasteiger partial charge in [-0.3, -0.25) is 0 Å². The van der Waals surface area contributed by atoms with Gasteiger partial charge in [-0.15, -0.1) is 0 Å². The topological polar surface area (TPSA) is 76.7 Å². The smallest absolute Gasteiger partial charge is 0.350 e. The van der Waals surface area contributed by atoms with Crippen molar-refractivity contribution in [3.05, 3.63) is 52.9 Å². The third-order valence-electron chi connectivity index (χ3n) is 3.06. The van der Waals surface area contributed by atoms with Crippen LogP contribution in [0.1, 0.15) is 11.5 Å². The van der Waals surface area contributed by atoms with Crippen molar-refractivity contribution in [1.29, 1.82) is 0 Å². The van der Waals surface area contributed by atoms with Crippen LogP contribution in [0.15, 0.2) is 35.1 Å². The maximum absolute atomic E-state index is 13.7. The van der Waals surface area contributed by atoms with Crippen LogP contribution in [0.2, 0.25) is 5.02 Å².